The number of nitrogens with zero attached hydrogens (tertiary/aromatic N) is 2. The number of benzene rings is 8. The molecule has 0 unspecified atom stereocenters. The van der Waals surface area contributed by atoms with E-state index in [0.29, 0.717) is 0 Å². The first-order valence-electron chi connectivity index (χ1n) is 32.9. The molecular weight excluding hydrogens is 681 g/mol. The molecule has 0 bridgehead atoms. The SMILES string of the molecule is [2H]c1c([2H])c([2H])c(-c2nc(-c3c([2H])c([2H])c(-c4c([2H])c([2H])c5oc6c([2H])c([2H])c([2H])c([2H])c6c5c4[2H])c([2H])c3[2H])cc(-c3c([2H])c([2H])c4c(c3[2H])C(c3c([2H])c([2H])c([2H])c([2H])c3[2H])(c3c([2H])c([2H])c([2H])c([2H])c3[2H])c3c([2H])c([2H])c([2H])c([2H])c3-4)n2)c([2H])c1[2H]. The summed E-state index contributed by atoms with van der Waals surface area (Å²) < 4.78 is 305. The van der Waals surface area contributed by atoms with Crippen LogP contribution in [-0.4, -0.2) is 9.97 Å². The zero-order chi connectivity index (χ0) is 65.8. The average Bonchev–Trinajstić information content (AvgIpc) is 1.53. The molecule has 8 aromatic carbocycles. The van der Waals surface area contributed by atoms with E-state index in [-0.39, 0.29) is 0 Å². The number of para-hydroxylation sites is 1. The Hall–Kier alpha value is -7.36. The van der Waals surface area contributed by atoms with E-state index >= 15 is 0 Å². The summed E-state index contributed by atoms with van der Waals surface area (Å²) in [5.41, 5.74) is -15.9. The fourth-order valence-corrected chi connectivity index (χ4v) is 6.58. The molecule has 10 aromatic rings. The number of fused-ring (bicyclic) bond motifs is 6. The fraction of sp³-hybridized carbons (Fsp3) is 0.0189. The molecule has 0 radical (unpaired) electrons. The minimum Gasteiger partial charge on any atom is -0.456 e. The van der Waals surface area contributed by atoms with Gasteiger partial charge in [-0.2, -0.15) is 0 Å². The van der Waals surface area contributed by atoms with Crippen molar-refractivity contribution in [1.82, 2.24) is 9.97 Å². The summed E-state index contributed by atoms with van der Waals surface area (Å²) in [5, 5.41) is -0.877. The summed E-state index contributed by atoms with van der Waals surface area (Å²) in [6, 6.07) is -33.3. The van der Waals surface area contributed by atoms with Gasteiger partial charge in [-0.1, -0.05) is 175 Å². The highest BCUT2D eigenvalue weighted by Gasteiger charge is 2.46. The largest absolute Gasteiger partial charge is 0.456 e. The Morgan fingerprint density at radius 2 is 0.946 bits per heavy atom. The highest BCUT2D eigenvalue weighted by Crippen LogP contribution is 2.56. The van der Waals surface area contributed by atoms with Gasteiger partial charge in [0.25, 0.3) is 0 Å². The molecule has 0 saturated carbocycles. The van der Waals surface area contributed by atoms with Crippen molar-refractivity contribution in [3.05, 3.63) is 228 Å². The minimum atomic E-state index is -3.31. The highest BCUT2D eigenvalue weighted by molar-refractivity contribution is 6.06. The molecule has 3 nitrogen and oxygen atoms in total. The predicted molar refractivity (Wildman–Crippen MR) is 228 cm³/mol. The van der Waals surface area contributed by atoms with Crippen LogP contribution in [0.5, 0.6) is 0 Å². The monoisotopic (exact) mass is 747 g/mol. The first-order valence-corrected chi connectivity index (χ1v) is 16.4. The third-order valence-electron chi connectivity index (χ3n) is 8.97. The summed E-state index contributed by atoms with van der Waals surface area (Å²) in [5.74, 6) is -0.950. The number of rotatable bonds is 6. The van der Waals surface area contributed by atoms with Crippen LogP contribution in [0.3, 0.4) is 0 Å². The van der Waals surface area contributed by atoms with Gasteiger partial charge in [0.2, 0.25) is 0 Å². The van der Waals surface area contributed by atoms with Crippen molar-refractivity contribution in [2.75, 3.05) is 0 Å². The predicted octanol–water partition coefficient (Wildman–Crippen LogP) is 13.4. The highest BCUT2D eigenvalue weighted by atomic mass is 16.3. The molecule has 2 aromatic heterocycles. The fourth-order valence-electron chi connectivity index (χ4n) is 6.58. The van der Waals surface area contributed by atoms with Gasteiger partial charge in [-0.15, -0.1) is 0 Å². The second-order valence-electron chi connectivity index (χ2n) is 12.0. The molecule has 0 N–H and O–H groups in total. The van der Waals surface area contributed by atoms with Gasteiger partial charge in [-0.25, -0.2) is 9.97 Å². The maximum absolute atomic E-state index is 10.4. The van der Waals surface area contributed by atoms with Crippen LogP contribution in [0.25, 0.3) is 78.1 Å². The van der Waals surface area contributed by atoms with E-state index in [0.717, 1.165) is 6.07 Å². The van der Waals surface area contributed by atoms with Crippen LogP contribution in [0.15, 0.2) is 210 Å². The van der Waals surface area contributed by atoms with E-state index in [1.807, 2.05) is 0 Å². The van der Waals surface area contributed by atoms with Crippen LogP contribution in [0.1, 0.15) is 67.5 Å². The normalized spacial score (nSPS) is 21.0. The summed E-state index contributed by atoms with van der Waals surface area (Å²) in [6.07, 6.45) is 0. The van der Waals surface area contributed by atoms with Gasteiger partial charge in [-0.3, -0.25) is 0 Å². The van der Waals surface area contributed by atoms with Gasteiger partial charge in [-0.05, 0) is 74.7 Å². The first kappa shape index (κ1) is 13.1. The number of hydrogen-bond acceptors (Lipinski definition) is 3. The number of aromatic nitrogens is 2. The third-order valence-corrected chi connectivity index (χ3v) is 8.97. The quantitative estimate of drug-likeness (QED) is 0.170. The maximum atomic E-state index is 10.4. The van der Waals surface area contributed by atoms with Crippen LogP contribution in [0, 0.1) is 0 Å². The lowest BCUT2D eigenvalue weighted by molar-refractivity contribution is 0.669. The van der Waals surface area contributed by atoms with Crippen molar-refractivity contribution in [3.8, 4) is 56.2 Å². The summed E-state index contributed by atoms with van der Waals surface area (Å²) in [6.45, 7) is 0. The Kier molecular flexibility index (Phi) is 3.03. The van der Waals surface area contributed by atoms with Gasteiger partial charge in [0.15, 0.2) is 5.82 Å². The van der Waals surface area contributed by atoms with E-state index in [2.05, 4.69) is 9.97 Å². The van der Waals surface area contributed by atoms with E-state index in [9.17, 15) is 19.2 Å². The molecule has 0 fully saturated rings. The molecule has 0 amide bonds. The lowest BCUT2D eigenvalue weighted by atomic mass is 9.67. The molecule has 0 aliphatic heterocycles. The summed E-state index contributed by atoms with van der Waals surface area (Å²) in [4.78, 5) is 8.84. The first-order chi connectivity index (χ1) is 41.5. The van der Waals surface area contributed by atoms with Crippen molar-refractivity contribution in [2.24, 2.45) is 0 Å². The molecule has 3 heteroatoms. The average molecular weight is 748 g/mol. The van der Waals surface area contributed by atoms with Crippen LogP contribution in [0.2, 0.25) is 0 Å². The van der Waals surface area contributed by atoms with E-state index in [1.165, 1.54) is 0 Å². The van der Waals surface area contributed by atoms with Gasteiger partial charge >= 0.3 is 0 Å². The molecule has 262 valence electrons. The van der Waals surface area contributed by atoms with Crippen LogP contribution in [-0.2, 0) is 5.41 Å². The van der Waals surface area contributed by atoms with Crippen LogP contribution in [0.4, 0.5) is 0 Å². The van der Waals surface area contributed by atoms with Gasteiger partial charge in [0, 0.05) is 27.5 Å². The van der Waals surface area contributed by atoms with Crippen molar-refractivity contribution < 1.29 is 49.7 Å². The number of hydrogen-bond donors (Lipinski definition) is 0. The zero-order valence-corrected chi connectivity index (χ0v) is 27.9. The molecular formula is C53H34N2O. The van der Waals surface area contributed by atoms with Crippen molar-refractivity contribution >= 4 is 21.9 Å². The summed E-state index contributed by atoms with van der Waals surface area (Å²) in [7, 11) is 0. The van der Waals surface area contributed by atoms with Crippen molar-refractivity contribution in [1.29, 1.82) is 0 Å². The molecule has 0 atom stereocenters. The molecule has 11 rings (SSSR count). The topological polar surface area (TPSA) is 38.9 Å². The summed E-state index contributed by atoms with van der Waals surface area (Å²) >= 11 is 0. The van der Waals surface area contributed by atoms with E-state index in [4.69, 9.17) is 30.5 Å². The Bertz CT molecular complexity index is 4830. The van der Waals surface area contributed by atoms with Crippen LogP contribution < -0.4 is 0 Å². The Balaban J connectivity index is 1.32. The van der Waals surface area contributed by atoms with Gasteiger partial charge in [0.05, 0.1) is 62.0 Å². The van der Waals surface area contributed by atoms with Gasteiger partial charge < -0.3 is 4.42 Å². The molecule has 0 saturated heterocycles. The van der Waals surface area contributed by atoms with Gasteiger partial charge in [0.1, 0.15) is 11.2 Å². The van der Waals surface area contributed by atoms with E-state index < -0.39 is 305 Å². The standard InChI is InChI=1S/C53H34N2O/c1-4-14-37(15-5-1)52-54-48(36-26-24-35(25-27-36)38-29-31-51-45(32-38)44-21-11-13-23-50(44)56-51)34-49(55-52)39-28-30-43-42-20-10-12-22-46(42)53(47(43)33-39,40-16-6-2-7-17-40)41-18-8-3-9-19-41/h1-34H/i1D,2D,3D,4D,5D,6D,7D,8D,9D,10D,11D,12D,13D,14D,15D,16D,17D,18D,19D,20D,21D,22D,23D,24D,25D,26D,27D,28D,29D,30D,31D,32D,33D. The second-order valence-corrected chi connectivity index (χ2v) is 12.0. The Morgan fingerprint density at radius 1 is 0.393 bits per heavy atom. The molecule has 0 spiro atoms. The maximum Gasteiger partial charge on any atom is 0.160 e. The molecule has 1 aliphatic carbocycles. The Morgan fingerprint density at radius 3 is 1.70 bits per heavy atom. The van der Waals surface area contributed by atoms with Crippen molar-refractivity contribution in [2.45, 2.75) is 5.41 Å². The Labute approximate surface area is 371 Å². The third kappa shape index (κ3) is 5.05. The molecule has 2 heterocycles. The lowest BCUT2D eigenvalue weighted by Gasteiger charge is -2.34. The lowest BCUT2D eigenvalue weighted by Crippen LogP contribution is -2.28. The number of furan rings is 1. The van der Waals surface area contributed by atoms with E-state index in [1.54, 1.807) is 0 Å². The molecule has 56 heavy (non-hydrogen) atoms. The minimum absolute atomic E-state index is 0.415. The zero-order valence-electron chi connectivity index (χ0n) is 60.9. The smallest absolute Gasteiger partial charge is 0.160 e. The second kappa shape index (κ2) is 12.9. The molecule has 1 aliphatic rings. The van der Waals surface area contributed by atoms with Crippen molar-refractivity contribution in [3.63, 3.8) is 0 Å². The van der Waals surface area contributed by atoms with Crippen LogP contribution >= 0.6 is 0 Å².